The normalized spacial score (nSPS) is 16.8. The zero-order valence-corrected chi connectivity index (χ0v) is 5.96. The first-order valence-electron chi connectivity index (χ1n) is 3.27. The molecule has 1 aliphatic rings. The van der Waals surface area contributed by atoms with Gasteiger partial charge in [0.25, 0.3) is 0 Å². The molecule has 0 radical (unpaired) electrons. The van der Waals surface area contributed by atoms with E-state index in [2.05, 4.69) is 13.0 Å². The summed E-state index contributed by atoms with van der Waals surface area (Å²) in [5, 5.41) is 8.51. The number of rotatable bonds is 0. The van der Waals surface area contributed by atoms with Crippen molar-refractivity contribution >= 4 is 0 Å². The lowest BCUT2D eigenvalue weighted by atomic mass is 10.2. The highest BCUT2D eigenvalue weighted by Crippen LogP contribution is 2.09. The van der Waals surface area contributed by atoms with Crippen molar-refractivity contribution in [1.82, 2.24) is 0 Å². The molecule has 1 aliphatic carbocycles. The average molecular weight is 131 g/mol. The molecule has 1 heteroatoms. The van der Waals surface area contributed by atoms with Crippen LogP contribution in [-0.4, -0.2) is 0 Å². The van der Waals surface area contributed by atoms with Crippen LogP contribution in [0.25, 0.3) is 0 Å². The second kappa shape index (κ2) is 3.03. The maximum atomic E-state index is 8.51. The highest BCUT2D eigenvalue weighted by atomic mass is 14.2. The van der Waals surface area contributed by atoms with Crippen molar-refractivity contribution in [2.24, 2.45) is 0 Å². The van der Waals surface area contributed by atoms with Gasteiger partial charge in [0.2, 0.25) is 0 Å². The summed E-state index contributed by atoms with van der Waals surface area (Å²) < 4.78 is 0. The summed E-state index contributed by atoms with van der Waals surface area (Å²) in [4.78, 5) is 0. The highest BCUT2D eigenvalue weighted by molar-refractivity contribution is 5.38. The minimum atomic E-state index is 0.758. The summed E-state index contributed by atoms with van der Waals surface area (Å²) in [6, 6.07) is 2.11. The Bertz CT molecular complexity index is 248. The average Bonchev–Trinajstić information content (AvgIpc) is 2.14. The van der Waals surface area contributed by atoms with Crippen LogP contribution in [0.1, 0.15) is 13.3 Å². The van der Waals surface area contributed by atoms with Gasteiger partial charge in [-0.2, -0.15) is 5.26 Å². The number of hydrogen-bond donors (Lipinski definition) is 0. The summed E-state index contributed by atoms with van der Waals surface area (Å²) in [7, 11) is 0. The van der Waals surface area contributed by atoms with Crippen molar-refractivity contribution in [2.45, 2.75) is 13.3 Å². The highest BCUT2D eigenvalue weighted by Gasteiger charge is 1.92. The Labute approximate surface area is 61.0 Å². The van der Waals surface area contributed by atoms with Gasteiger partial charge < -0.3 is 0 Å². The van der Waals surface area contributed by atoms with Gasteiger partial charge in [-0.15, -0.1) is 0 Å². The minimum Gasteiger partial charge on any atom is -0.192 e. The fourth-order valence-corrected chi connectivity index (χ4v) is 0.806. The second-order valence-corrected chi connectivity index (χ2v) is 2.35. The van der Waals surface area contributed by atoms with E-state index in [1.54, 1.807) is 0 Å². The van der Waals surface area contributed by atoms with E-state index in [1.165, 1.54) is 5.57 Å². The van der Waals surface area contributed by atoms with Gasteiger partial charge in [0.15, 0.2) is 0 Å². The van der Waals surface area contributed by atoms with Crippen LogP contribution in [0.3, 0.4) is 0 Å². The van der Waals surface area contributed by atoms with Gasteiger partial charge in [-0.1, -0.05) is 23.8 Å². The molecule has 0 aromatic carbocycles. The molecule has 0 N–H and O–H groups in total. The molecule has 0 aliphatic heterocycles. The molecule has 0 aromatic rings. The molecular formula is C9H9N. The van der Waals surface area contributed by atoms with Crippen LogP contribution < -0.4 is 0 Å². The van der Waals surface area contributed by atoms with Gasteiger partial charge in [-0.05, 0) is 19.4 Å². The summed E-state index contributed by atoms with van der Waals surface area (Å²) in [5.41, 5.74) is 2.05. The number of allylic oxidation sites excluding steroid dienone is 6. The van der Waals surface area contributed by atoms with Crippen molar-refractivity contribution in [3.05, 3.63) is 35.5 Å². The van der Waals surface area contributed by atoms with Gasteiger partial charge in [0, 0.05) is 5.57 Å². The predicted molar refractivity (Wildman–Crippen MR) is 41.2 cm³/mol. The van der Waals surface area contributed by atoms with Gasteiger partial charge in [-0.3, -0.25) is 0 Å². The molecule has 0 heterocycles. The first-order valence-corrected chi connectivity index (χ1v) is 3.27. The van der Waals surface area contributed by atoms with E-state index < -0.39 is 0 Å². The third kappa shape index (κ3) is 1.60. The third-order valence-electron chi connectivity index (χ3n) is 1.43. The lowest BCUT2D eigenvalue weighted by molar-refractivity contribution is 1.21. The summed E-state index contributed by atoms with van der Waals surface area (Å²) in [6.45, 7) is 2.06. The molecule has 0 amide bonds. The maximum Gasteiger partial charge on any atom is 0.0988 e. The van der Waals surface area contributed by atoms with Crippen LogP contribution in [-0.2, 0) is 0 Å². The fourth-order valence-electron chi connectivity index (χ4n) is 0.806. The monoisotopic (exact) mass is 131 g/mol. The third-order valence-corrected chi connectivity index (χ3v) is 1.43. The Kier molecular flexibility index (Phi) is 2.07. The van der Waals surface area contributed by atoms with Crippen molar-refractivity contribution in [1.29, 1.82) is 5.26 Å². The van der Waals surface area contributed by atoms with E-state index in [0.29, 0.717) is 0 Å². The first kappa shape index (κ1) is 6.82. The lowest BCUT2D eigenvalue weighted by Gasteiger charge is -1.88. The summed E-state index contributed by atoms with van der Waals surface area (Å²) >= 11 is 0. The molecule has 0 atom stereocenters. The van der Waals surface area contributed by atoms with Crippen molar-refractivity contribution in [2.75, 3.05) is 0 Å². The lowest BCUT2D eigenvalue weighted by Crippen LogP contribution is -1.71. The van der Waals surface area contributed by atoms with E-state index >= 15 is 0 Å². The molecule has 50 valence electrons. The van der Waals surface area contributed by atoms with Gasteiger partial charge in [-0.25, -0.2) is 0 Å². The molecule has 0 spiro atoms. The van der Waals surface area contributed by atoms with Crippen LogP contribution in [0, 0.1) is 11.3 Å². The van der Waals surface area contributed by atoms with Crippen LogP contribution >= 0.6 is 0 Å². The van der Waals surface area contributed by atoms with Crippen LogP contribution in [0.4, 0.5) is 0 Å². The van der Waals surface area contributed by atoms with Crippen molar-refractivity contribution in [3.8, 4) is 6.07 Å². The molecule has 0 bridgehead atoms. The number of nitriles is 1. The van der Waals surface area contributed by atoms with Gasteiger partial charge in [0.1, 0.15) is 0 Å². The molecule has 0 aromatic heterocycles. The first-order chi connectivity index (χ1) is 4.83. The van der Waals surface area contributed by atoms with E-state index in [-0.39, 0.29) is 0 Å². The van der Waals surface area contributed by atoms with E-state index in [9.17, 15) is 0 Å². The fraction of sp³-hybridized carbons (Fsp3) is 0.222. The number of nitrogens with zero attached hydrogens (tertiary/aromatic N) is 1. The standard InChI is InChI=1S/C9H9N/c1-8-3-2-4-9(7-10)6-5-8/h2-4,6H,5H2,1H3. The second-order valence-electron chi connectivity index (χ2n) is 2.35. The maximum absolute atomic E-state index is 8.51. The molecule has 0 saturated carbocycles. The smallest absolute Gasteiger partial charge is 0.0988 e. The topological polar surface area (TPSA) is 23.8 Å². The van der Waals surface area contributed by atoms with Crippen molar-refractivity contribution < 1.29 is 0 Å². The van der Waals surface area contributed by atoms with Crippen molar-refractivity contribution in [3.63, 3.8) is 0 Å². The zero-order chi connectivity index (χ0) is 7.40. The zero-order valence-electron chi connectivity index (χ0n) is 5.96. The number of hydrogen-bond acceptors (Lipinski definition) is 1. The molecule has 10 heavy (non-hydrogen) atoms. The van der Waals surface area contributed by atoms with Gasteiger partial charge >= 0.3 is 0 Å². The molecular weight excluding hydrogens is 122 g/mol. The van der Waals surface area contributed by atoms with E-state index in [0.717, 1.165) is 12.0 Å². The minimum absolute atomic E-state index is 0.758. The van der Waals surface area contributed by atoms with Crippen LogP contribution in [0.2, 0.25) is 0 Å². The Morgan fingerprint density at radius 2 is 2.40 bits per heavy atom. The van der Waals surface area contributed by atoms with E-state index in [4.69, 9.17) is 5.26 Å². The SMILES string of the molecule is CC1=CC=CC(C#N)=CC1. The Hall–Kier alpha value is -1.29. The summed E-state index contributed by atoms with van der Waals surface area (Å²) in [5.74, 6) is 0. The molecule has 1 nitrogen and oxygen atoms in total. The van der Waals surface area contributed by atoms with Crippen LogP contribution in [0.15, 0.2) is 35.5 Å². The molecule has 0 saturated heterocycles. The van der Waals surface area contributed by atoms with Crippen LogP contribution in [0.5, 0.6) is 0 Å². The predicted octanol–water partition coefficient (Wildman–Crippen LogP) is 2.34. The molecule has 0 fully saturated rings. The van der Waals surface area contributed by atoms with E-state index in [1.807, 2.05) is 24.3 Å². The largest absolute Gasteiger partial charge is 0.192 e. The quantitative estimate of drug-likeness (QED) is 0.495. The Morgan fingerprint density at radius 3 is 3.10 bits per heavy atom. The van der Waals surface area contributed by atoms with Gasteiger partial charge in [0.05, 0.1) is 6.07 Å². The summed E-state index contributed by atoms with van der Waals surface area (Å²) in [6.07, 6.45) is 8.61. The molecule has 0 unspecified atom stereocenters. The Morgan fingerprint density at radius 1 is 1.60 bits per heavy atom. The Balaban J connectivity index is 2.82. The molecule has 1 rings (SSSR count).